The van der Waals surface area contributed by atoms with E-state index in [0.717, 1.165) is 43.1 Å². The smallest absolute Gasteiger partial charge is 0.261 e. The first-order chi connectivity index (χ1) is 14.1. The summed E-state index contributed by atoms with van der Waals surface area (Å²) in [6, 6.07) is 11.0. The molecule has 29 heavy (non-hydrogen) atoms. The van der Waals surface area contributed by atoms with Crippen molar-refractivity contribution in [3.63, 3.8) is 0 Å². The predicted octanol–water partition coefficient (Wildman–Crippen LogP) is 2.53. The summed E-state index contributed by atoms with van der Waals surface area (Å²) in [5, 5.41) is 18.2. The molecule has 152 valence electrons. The molecule has 0 unspecified atom stereocenters. The zero-order chi connectivity index (χ0) is 20.4. The van der Waals surface area contributed by atoms with Crippen molar-refractivity contribution < 1.29 is 19.4 Å². The number of nitrogens with zero attached hydrogens (tertiary/aromatic N) is 3. The van der Waals surface area contributed by atoms with Gasteiger partial charge in [-0.15, -0.1) is 0 Å². The van der Waals surface area contributed by atoms with Crippen molar-refractivity contribution >= 4 is 28.2 Å². The summed E-state index contributed by atoms with van der Waals surface area (Å²) in [5.41, 5.74) is 3.41. The van der Waals surface area contributed by atoms with Crippen LogP contribution in [0.25, 0.3) is 10.9 Å². The largest absolute Gasteiger partial charge is 0.507 e. The fraction of sp³-hybridized carbons (Fsp3) is 0.333. The minimum atomic E-state index is -0.298. The van der Waals surface area contributed by atoms with Gasteiger partial charge >= 0.3 is 0 Å². The number of hydrogen-bond donors (Lipinski definition) is 2. The first-order valence-corrected chi connectivity index (χ1v) is 9.48. The number of carbonyl (C=O) groups excluding carboxylic acids is 1. The first kappa shape index (κ1) is 19.2. The Morgan fingerprint density at radius 2 is 2.00 bits per heavy atom. The SMILES string of the molecule is COCc1n[nH]c2cc(O)c(C(=O)N(C)c3ccc(N4CCOCC4)cc3)cc12. The van der Waals surface area contributed by atoms with E-state index in [1.165, 1.54) is 11.0 Å². The van der Waals surface area contributed by atoms with Gasteiger partial charge in [0.15, 0.2) is 0 Å². The second-order valence-corrected chi connectivity index (χ2v) is 7.00. The van der Waals surface area contributed by atoms with Crippen molar-refractivity contribution in [2.24, 2.45) is 0 Å². The molecule has 0 saturated carbocycles. The topological polar surface area (TPSA) is 90.9 Å². The van der Waals surface area contributed by atoms with Crippen LogP contribution in [0.15, 0.2) is 36.4 Å². The van der Waals surface area contributed by atoms with Crippen LogP contribution in [0.1, 0.15) is 16.1 Å². The summed E-state index contributed by atoms with van der Waals surface area (Å²) < 4.78 is 10.5. The summed E-state index contributed by atoms with van der Waals surface area (Å²) in [5.74, 6) is -0.389. The molecule has 8 heteroatoms. The highest BCUT2D eigenvalue weighted by molar-refractivity contribution is 6.09. The molecule has 2 heterocycles. The van der Waals surface area contributed by atoms with Crippen LogP contribution in [-0.2, 0) is 16.1 Å². The quantitative estimate of drug-likeness (QED) is 0.689. The Bertz CT molecular complexity index is 1010. The van der Waals surface area contributed by atoms with Crippen molar-refractivity contribution in [2.75, 3.05) is 50.3 Å². The molecule has 4 rings (SSSR count). The number of rotatable bonds is 5. The van der Waals surface area contributed by atoms with Crippen molar-refractivity contribution in [1.29, 1.82) is 0 Å². The molecule has 1 amide bonds. The third kappa shape index (κ3) is 3.76. The average Bonchev–Trinajstić information content (AvgIpc) is 3.14. The average molecular weight is 396 g/mol. The van der Waals surface area contributed by atoms with Gasteiger partial charge in [0.1, 0.15) is 5.75 Å². The number of nitrogens with one attached hydrogen (secondary N) is 1. The molecule has 2 aromatic carbocycles. The van der Waals surface area contributed by atoms with E-state index in [9.17, 15) is 9.90 Å². The van der Waals surface area contributed by atoms with Crippen molar-refractivity contribution in [3.8, 4) is 5.75 Å². The summed E-state index contributed by atoms with van der Waals surface area (Å²) in [6.45, 7) is 3.48. The second-order valence-electron chi connectivity index (χ2n) is 7.00. The van der Waals surface area contributed by atoms with E-state index in [2.05, 4.69) is 15.1 Å². The number of phenolic OH excluding ortho intramolecular Hbond substituents is 1. The van der Waals surface area contributed by atoms with Crippen LogP contribution in [0.5, 0.6) is 5.75 Å². The molecular formula is C21H24N4O4. The van der Waals surface area contributed by atoms with Gasteiger partial charge in [-0.3, -0.25) is 9.89 Å². The Kier molecular flexibility index (Phi) is 5.37. The summed E-state index contributed by atoms with van der Waals surface area (Å²) in [4.78, 5) is 16.8. The van der Waals surface area contributed by atoms with Crippen LogP contribution in [0.3, 0.4) is 0 Å². The fourth-order valence-corrected chi connectivity index (χ4v) is 3.53. The maximum atomic E-state index is 13.1. The zero-order valence-corrected chi connectivity index (χ0v) is 16.5. The molecule has 1 saturated heterocycles. The predicted molar refractivity (Wildman–Crippen MR) is 111 cm³/mol. The summed E-state index contributed by atoms with van der Waals surface area (Å²) >= 11 is 0. The molecule has 0 aliphatic carbocycles. The summed E-state index contributed by atoms with van der Waals surface area (Å²) in [7, 11) is 3.28. The van der Waals surface area contributed by atoms with Gasteiger partial charge < -0.3 is 24.4 Å². The van der Waals surface area contributed by atoms with Gasteiger partial charge in [0.25, 0.3) is 5.91 Å². The van der Waals surface area contributed by atoms with Gasteiger partial charge in [-0.2, -0.15) is 5.10 Å². The van der Waals surface area contributed by atoms with Crippen molar-refractivity contribution in [1.82, 2.24) is 10.2 Å². The van der Waals surface area contributed by atoms with E-state index in [1.807, 2.05) is 24.3 Å². The van der Waals surface area contributed by atoms with E-state index in [4.69, 9.17) is 9.47 Å². The molecule has 0 radical (unpaired) electrons. The molecule has 1 aliphatic rings. The number of carbonyl (C=O) groups is 1. The first-order valence-electron chi connectivity index (χ1n) is 9.48. The van der Waals surface area contributed by atoms with E-state index in [0.29, 0.717) is 17.8 Å². The van der Waals surface area contributed by atoms with Crippen molar-refractivity contribution in [2.45, 2.75) is 6.61 Å². The van der Waals surface area contributed by atoms with Gasteiger partial charge in [-0.1, -0.05) is 0 Å². The van der Waals surface area contributed by atoms with E-state index < -0.39 is 0 Å². The van der Waals surface area contributed by atoms with Crippen LogP contribution >= 0.6 is 0 Å². The minimum Gasteiger partial charge on any atom is -0.507 e. The maximum Gasteiger partial charge on any atom is 0.261 e. The standard InChI is InChI=1S/C21H24N4O4/c1-24(14-3-5-15(6-4-14)25-7-9-29-10-8-25)21(27)17-11-16-18(12-20(17)26)22-23-19(16)13-28-2/h3-6,11-12,26H,7-10,13H2,1-2H3,(H,22,23). The number of fused-ring (bicyclic) bond motifs is 1. The number of aromatic nitrogens is 2. The van der Waals surface area contributed by atoms with Crippen molar-refractivity contribution in [3.05, 3.63) is 47.7 Å². The van der Waals surface area contributed by atoms with Gasteiger partial charge in [0, 0.05) is 50.1 Å². The van der Waals surface area contributed by atoms with Crippen LogP contribution in [-0.4, -0.2) is 61.7 Å². The van der Waals surface area contributed by atoms with Crippen LogP contribution < -0.4 is 9.80 Å². The molecule has 0 atom stereocenters. The number of amides is 1. The molecule has 0 spiro atoms. The highest BCUT2D eigenvalue weighted by Crippen LogP contribution is 2.29. The van der Waals surface area contributed by atoms with Crippen LogP contribution in [0.4, 0.5) is 11.4 Å². The van der Waals surface area contributed by atoms with Gasteiger partial charge in [-0.25, -0.2) is 0 Å². The molecular weight excluding hydrogens is 372 g/mol. The number of benzene rings is 2. The van der Waals surface area contributed by atoms with E-state index in [-0.39, 0.29) is 17.2 Å². The number of aromatic amines is 1. The lowest BCUT2D eigenvalue weighted by atomic mass is 10.1. The molecule has 2 N–H and O–H groups in total. The lowest BCUT2D eigenvalue weighted by molar-refractivity contribution is 0.0990. The Morgan fingerprint density at radius 1 is 1.28 bits per heavy atom. The Balaban J connectivity index is 1.58. The van der Waals surface area contributed by atoms with Crippen LogP contribution in [0, 0.1) is 0 Å². The monoisotopic (exact) mass is 396 g/mol. The Labute approximate surface area is 168 Å². The third-order valence-electron chi connectivity index (χ3n) is 5.19. The lowest BCUT2D eigenvalue weighted by Gasteiger charge is -2.29. The minimum absolute atomic E-state index is 0.0908. The van der Waals surface area contributed by atoms with Gasteiger partial charge in [-0.05, 0) is 30.3 Å². The van der Waals surface area contributed by atoms with E-state index >= 15 is 0 Å². The normalized spacial score (nSPS) is 14.3. The third-order valence-corrected chi connectivity index (χ3v) is 5.19. The van der Waals surface area contributed by atoms with Gasteiger partial charge in [0.05, 0.1) is 36.6 Å². The number of H-pyrrole nitrogens is 1. The van der Waals surface area contributed by atoms with Crippen LogP contribution in [0.2, 0.25) is 0 Å². The zero-order valence-electron chi connectivity index (χ0n) is 16.5. The number of phenols is 1. The van der Waals surface area contributed by atoms with Gasteiger partial charge in [0.2, 0.25) is 0 Å². The number of methoxy groups -OCH3 is 1. The maximum absolute atomic E-state index is 13.1. The molecule has 1 fully saturated rings. The number of morpholine rings is 1. The highest BCUT2D eigenvalue weighted by Gasteiger charge is 2.20. The highest BCUT2D eigenvalue weighted by atomic mass is 16.5. The molecule has 1 aromatic heterocycles. The second kappa shape index (κ2) is 8.10. The number of hydrogen-bond acceptors (Lipinski definition) is 6. The lowest BCUT2D eigenvalue weighted by Crippen LogP contribution is -2.36. The molecule has 1 aliphatic heterocycles. The number of ether oxygens (including phenoxy) is 2. The Hall–Kier alpha value is -3.10. The molecule has 8 nitrogen and oxygen atoms in total. The Morgan fingerprint density at radius 3 is 2.69 bits per heavy atom. The van der Waals surface area contributed by atoms with E-state index in [1.54, 1.807) is 20.2 Å². The number of anilines is 2. The summed E-state index contributed by atoms with van der Waals surface area (Å²) in [6.07, 6.45) is 0. The fourth-order valence-electron chi connectivity index (χ4n) is 3.53. The molecule has 0 bridgehead atoms. The molecule has 3 aromatic rings. The number of aromatic hydroxyl groups is 1.